The van der Waals surface area contributed by atoms with Crippen LogP contribution in [-0.2, 0) is 57.8 Å². The largest absolute Gasteiger partial charge is 1.00 e. The number of hydrogen-bond donors (Lipinski definition) is 3. The van der Waals surface area contributed by atoms with Crippen LogP contribution in [0.25, 0.3) is 0 Å². The summed E-state index contributed by atoms with van der Waals surface area (Å²) in [4.78, 5) is 65.2. The van der Waals surface area contributed by atoms with Gasteiger partial charge in [-0.1, -0.05) is 66.2 Å². The minimum atomic E-state index is -4.76. The summed E-state index contributed by atoms with van der Waals surface area (Å²) in [5, 5.41) is 14.3. The molecule has 15 nitrogen and oxygen atoms in total. The molecular weight excluding hydrogens is 619 g/mol. The Morgan fingerprint density at radius 3 is 1.43 bits per heavy atom. The second-order valence-corrected chi connectivity index (χ2v) is 11.2. The fourth-order valence-electron chi connectivity index (χ4n) is 3.33. The second kappa shape index (κ2) is 27.1. The fraction of sp³-hybridized carbons (Fsp3) is 0.778. The van der Waals surface area contributed by atoms with Gasteiger partial charge in [0, 0.05) is 0 Å². The number of ether oxygens (including phenoxy) is 4. The van der Waals surface area contributed by atoms with Crippen molar-refractivity contribution in [1.82, 2.24) is 0 Å². The van der Waals surface area contributed by atoms with Crippen molar-refractivity contribution in [2.45, 2.75) is 104 Å². The average molecular weight is 667 g/mol. The van der Waals surface area contributed by atoms with E-state index in [9.17, 15) is 41.7 Å². The quantitative estimate of drug-likeness (QED) is 0.0351. The molecule has 3 N–H and O–H groups in total. The van der Waals surface area contributed by atoms with E-state index in [0.29, 0.717) is 0 Å². The van der Waals surface area contributed by atoms with Crippen molar-refractivity contribution >= 4 is 45.9 Å². The first-order valence-corrected chi connectivity index (χ1v) is 15.6. The normalized spacial score (nSPS) is 12.6. The Labute approximate surface area is 282 Å². The van der Waals surface area contributed by atoms with Crippen LogP contribution in [0.15, 0.2) is 0 Å². The molecule has 0 radical (unpaired) electrons. The van der Waals surface area contributed by atoms with Gasteiger partial charge in [0.15, 0.2) is 5.25 Å². The van der Waals surface area contributed by atoms with Gasteiger partial charge in [0.2, 0.25) is 6.79 Å². The minimum Gasteiger partial charge on any atom is -1.00 e. The molecule has 0 fully saturated rings. The predicted molar refractivity (Wildman–Crippen MR) is 151 cm³/mol. The molecule has 0 rings (SSSR count). The Hall–Kier alpha value is -2.27. The van der Waals surface area contributed by atoms with Crippen LogP contribution in [0.1, 0.15) is 99.8 Å². The standard InChI is InChI=1S/C20H38O7S.C7H8O8.Na.H/c1-5-9-11-16(7-3)14-26-19(21)13-18(28(23,24)25)20(22)27-15-17(8-4)12-10-6-2;8-4(9)1-6(12)14-3-15-7(13)2-5(10)11;;/h16-18H,5-15H2,1-4H3,(H,23,24,25);1-3H2,(H,8,9)(H,10,11);;/q;;+1;-1. The Morgan fingerprint density at radius 1 is 0.682 bits per heavy atom. The van der Waals surface area contributed by atoms with Crippen molar-refractivity contribution in [1.29, 1.82) is 0 Å². The Balaban J connectivity index is -0.000000421. The molecular formula is C27H47NaO15S. The Kier molecular flexibility index (Phi) is 28.4. The van der Waals surface area contributed by atoms with Crippen molar-refractivity contribution in [2.75, 3.05) is 20.0 Å². The summed E-state index contributed by atoms with van der Waals surface area (Å²) < 4.78 is 51.1. The van der Waals surface area contributed by atoms with Gasteiger partial charge in [0.05, 0.1) is 19.6 Å². The fourth-order valence-corrected chi connectivity index (χ4v) is 3.99. The molecule has 17 heteroatoms. The molecule has 0 aliphatic carbocycles. The molecule has 0 heterocycles. The van der Waals surface area contributed by atoms with Crippen molar-refractivity contribution in [3.63, 3.8) is 0 Å². The predicted octanol–water partition coefficient (Wildman–Crippen LogP) is 0.248. The molecule has 3 unspecified atom stereocenters. The molecule has 0 aliphatic rings. The van der Waals surface area contributed by atoms with E-state index < -0.39 is 77.2 Å². The third kappa shape index (κ3) is 26.2. The number of carbonyl (C=O) groups excluding carboxylic acids is 4. The summed E-state index contributed by atoms with van der Waals surface area (Å²) in [5.41, 5.74) is 0. The average Bonchev–Trinajstić information content (AvgIpc) is 2.90. The molecule has 0 bridgehead atoms. The zero-order valence-corrected chi connectivity index (χ0v) is 29.1. The molecule has 0 spiro atoms. The van der Waals surface area contributed by atoms with Gasteiger partial charge < -0.3 is 30.6 Å². The number of esters is 4. The van der Waals surface area contributed by atoms with Crippen LogP contribution in [0, 0.1) is 11.8 Å². The Bertz CT molecular complexity index is 963. The topological polar surface area (TPSA) is 234 Å². The SMILES string of the molecule is CCCCC(CC)COC(=O)CC(C(=O)OCC(CC)CCCC)S(=O)(=O)O.O=C(O)CC(=O)OCOC(=O)CC(=O)O.[H-].[Na+]. The molecule has 0 aromatic rings. The zero-order valence-electron chi connectivity index (χ0n) is 27.3. The number of carboxylic acid groups (broad SMARTS) is 2. The van der Waals surface area contributed by atoms with Crippen LogP contribution in [0.3, 0.4) is 0 Å². The van der Waals surface area contributed by atoms with Crippen molar-refractivity contribution in [2.24, 2.45) is 11.8 Å². The van der Waals surface area contributed by atoms with Crippen LogP contribution >= 0.6 is 0 Å². The number of carbonyl (C=O) groups is 6. The Morgan fingerprint density at radius 2 is 1.09 bits per heavy atom. The molecule has 44 heavy (non-hydrogen) atoms. The van der Waals surface area contributed by atoms with E-state index in [-0.39, 0.29) is 56.0 Å². The number of carboxylic acids is 2. The monoisotopic (exact) mass is 666 g/mol. The van der Waals surface area contributed by atoms with Gasteiger partial charge in [-0.3, -0.25) is 33.3 Å². The van der Waals surface area contributed by atoms with Crippen molar-refractivity contribution < 1.29 is 102 Å². The first kappa shape index (κ1) is 46.2. The molecule has 0 saturated carbocycles. The van der Waals surface area contributed by atoms with Gasteiger partial charge in [0.1, 0.15) is 12.8 Å². The maximum atomic E-state index is 12.2. The number of unbranched alkanes of at least 4 members (excludes halogenated alkanes) is 2. The minimum absolute atomic E-state index is 0. The van der Waals surface area contributed by atoms with Crippen molar-refractivity contribution in [3.8, 4) is 0 Å². The van der Waals surface area contributed by atoms with Gasteiger partial charge in [-0.25, -0.2) is 0 Å². The first-order chi connectivity index (χ1) is 20.1. The molecule has 0 aromatic carbocycles. The molecule has 3 atom stereocenters. The molecule has 0 amide bonds. The summed E-state index contributed by atoms with van der Waals surface area (Å²) in [5.74, 6) is -6.52. The van der Waals surface area contributed by atoms with Crippen LogP contribution in [-0.4, -0.2) is 84.3 Å². The van der Waals surface area contributed by atoms with Gasteiger partial charge in [-0.15, -0.1) is 0 Å². The van der Waals surface area contributed by atoms with Crippen LogP contribution in [0.4, 0.5) is 0 Å². The van der Waals surface area contributed by atoms with Crippen LogP contribution < -0.4 is 29.6 Å². The summed E-state index contributed by atoms with van der Waals surface area (Å²) in [6.07, 6.45) is 5.04. The van der Waals surface area contributed by atoms with E-state index in [1.54, 1.807) is 0 Å². The number of aliphatic carboxylic acids is 2. The summed E-state index contributed by atoms with van der Waals surface area (Å²) in [6, 6.07) is 0. The molecule has 0 saturated heterocycles. The molecule has 0 aromatic heterocycles. The van der Waals surface area contributed by atoms with Gasteiger partial charge >= 0.3 is 65.4 Å². The van der Waals surface area contributed by atoms with Crippen LogP contribution in [0.2, 0.25) is 0 Å². The van der Waals surface area contributed by atoms with E-state index in [4.69, 9.17) is 19.7 Å². The second-order valence-electron chi connectivity index (χ2n) is 9.65. The smallest absolute Gasteiger partial charge is 1.00 e. The van der Waals surface area contributed by atoms with E-state index in [1.807, 2.05) is 13.8 Å². The maximum Gasteiger partial charge on any atom is 1.00 e. The third-order valence-corrected chi connectivity index (χ3v) is 7.11. The molecule has 252 valence electrons. The third-order valence-electron chi connectivity index (χ3n) is 6.03. The maximum absolute atomic E-state index is 12.2. The summed E-state index contributed by atoms with van der Waals surface area (Å²) in [7, 11) is -4.76. The van der Waals surface area contributed by atoms with Crippen molar-refractivity contribution in [3.05, 3.63) is 0 Å². The zero-order chi connectivity index (χ0) is 33.4. The van der Waals surface area contributed by atoms with E-state index >= 15 is 0 Å². The van der Waals surface area contributed by atoms with Gasteiger partial charge in [-0.2, -0.15) is 8.42 Å². The number of hydrogen-bond acceptors (Lipinski definition) is 12. The molecule has 0 aliphatic heterocycles. The van der Waals surface area contributed by atoms with Crippen LogP contribution in [0.5, 0.6) is 0 Å². The van der Waals surface area contributed by atoms with E-state index in [2.05, 4.69) is 23.3 Å². The summed E-state index contributed by atoms with van der Waals surface area (Å²) in [6.45, 7) is 7.56. The first-order valence-electron chi connectivity index (χ1n) is 14.1. The van der Waals surface area contributed by atoms with E-state index in [1.165, 1.54) is 0 Å². The van der Waals surface area contributed by atoms with Gasteiger partial charge in [0.25, 0.3) is 10.1 Å². The van der Waals surface area contributed by atoms with Gasteiger partial charge in [-0.05, 0) is 24.7 Å². The van der Waals surface area contributed by atoms with E-state index in [0.717, 1.165) is 51.4 Å². The number of rotatable bonds is 22. The summed E-state index contributed by atoms with van der Waals surface area (Å²) >= 11 is 0.